The number of likely N-dealkylation sites (tertiary alicyclic amines) is 1. The summed E-state index contributed by atoms with van der Waals surface area (Å²) >= 11 is 0. The second-order valence-corrected chi connectivity index (χ2v) is 7.04. The lowest BCUT2D eigenvalue weighted by atomic mass is 10.1. The monoisotopic (exact) mass is 315 g/mol. The fraction of sp³-hybridized carbons (Fsp3) is 0.938. The standard InChI is InChI=1S/C16H29NO5/c1-16(2,3)22-15(19)17-9-6-7-12(17)13(11-18)21-14-8-4-5-10-20-14/h12-14,18H,4-11H2,1-3H3/t12-,13-,14?/m0/s1. The Labute approximate surface area is 132 Å². The number of ether oxygens (including phenoxy) is 3. The van der Waals surface area contributed by atoms with Crippen molar-refractivity contribution in [2.24, 2.45) is 0 Å². The van der Waals surface area contributed by atoms with Gasteiger partial charge in [-0.3, -0.25) is 0 Å². The lowest BCUT2D eigenvalue weighted by Crippen LogP contribution is -2.48. The third-order valence-corrected chi connectivity index (χ3v) is 4.00. The van der Waals surface area contributed by atoms with Crippen LogP contribution in [0.3, 0.4) is 0 Å². The maximum atomic E-state index is 12.3. The van der Waals surface area contributed by atoms with E-state index in [1.54, 1.807) is 4.90 Å². The largest absolute Gasteiger partial charge is 0.444 e. The van der Waals surface area contributed by atoms with Crippen LogP contribution in [0, 0.1) is 0 Å². The topological polar surface area (TPSA) is 68.2 Å². The highest BCUT2D eigenvalue weighted by atomic mass is 16.7. The number of rotatable bonds is 4. The van der Waals surface area contributed by atoms with Crippen molar-refractivity contribution in [2.45, 2.75) is 76.9 Å². The van der Waals surface area contributed by atoms with Gasteiger partial charge in [0.1, 0.15) is 11.7 Å². The van der Waals surface area contributed by atoms with Crippen LogP contribution in [0.25, 0.3) is 0 Å². The van der Waals surface area contributed by atoms with E-state index in [0.29, 0.717) is 13.2 Å². The van der Waals surface area contributed by atoms with Crippen LogP contribution in [0.15, 0.2) is 0 Å². The summed E-state index contributed by atoms with van der Waals surface area (Å²) in [4.78, 5) is 14.0. The zero-order valence-electron chi connectivity index (χ0n) is 13.9. The van der Waals surface area contributed by atoms with Crippen LogP contribution in [0.2, 0.25) is 0 Å². The van der Waals surface area contributed by atoms with Gasteiger partial charge in [-0.1, -0.05) is 0 Å². The number of aliphatic hydroxyl groups excluding tert-OH is 1. The van der Waals surface area contributed by atoms with E-state index in [0.717, 1.165) is 32.1 Å². The van der Waals surface area contributed by atoms with Gasteiger partial charge in [0.25, 0.3) is 0 Å². The molecular weight excluding hydrogens is 286 g/mol. The normalized spacial score (nSPS) is 27.7. The highest BCUT2D eigenvalue weighted by molar-refractivity contribution is 5.69. The second kappa shape index (κ2) is 7.62. The van der Waals surface area contributed by atoms with E-state index < -0.39 is 11.7 Å². The first-order valence-corrected chi connectivity index (χ1v) is 8.28. The molecular formula is C16H29NO5. The minimum Gasteiger partial charge on any atom is -0.444 e. The van der Waals surface area contributed by atoms with Gasteiger partial charge < -0.3 is 24.2 Å². The van der Waals surface area contributed by atoms with Crippen LogP contribution >= 0.6 is 0 Å². The zero-order chi connectivity index (χ0) is 16.2. The maximum absolute atomic E-state index is 12.3. The van der Waals surface area contributed by atoms with Crippen molar-refractivity contribution in [1.29, 1.82) is 0 Å². The van der Waals surface area contributed by atoms with Crippen molar-refractivity contribution < 1.29 is 24.1 Å². The molecule has 2 saturated heterocycles. The number of amides is 1. The molecule has 128 valence electrons. The molecule has 0 radical (unpaired) electrons. The quantitative estimate of drug-likeness (QED) is 0.862. The fourth-order valence-corrected chi connectivity index (χ4v) is 3.00. The van der Waals surface area contributed by atoms with E-state index >= 15 is 0 Å². The summed E-state index contributed by atoms with van der Waals surface area (Å²) in [5.41, 5.74) is -0.522. The number of nitrogens with zero attached hydrogens (tertiary/aromatic N) is 1. The third kappa shape index (κ3) is 4.83. The SMILES string of the molecule is CC(C)(C)OC(=O)N1CCC[C@H]1[C@H](CO)OC1CCCCO1. The Hall–Kier alpha value is -0.850. The molecule has 0 spiro atoms. The number of hydrogen-bond donors (Lipinski definition) is 1. The average molecular weight is 315 g/mol. The van der Waals surface area contributed by atoms with E-state index in [-0.39, 0.29) is 25.0 Å². The summed E-state index contributed by atoms with van der Waals surface area (Å²) in [5.74, 6) is 0. The van der Waals surface area contributed by atoms with Gasteiger partial charge in [0.15, 0.2) is 6.29 Å². The van der Waals surface area contributed by atoms with Gasteiger partial charge in [0.2, 0.25) is 0 Å². The number of hydrogen-bond acceptors (Lipinski definition) is 5. The molecule has 2 aliphatic rings. The molecule has 1 unspecified atom stereocenters. The van der Waals surface area contributed by atoms with Crippen molar-refractivity contribution in [3.05, 3.63) is 0 Å². The van der Waals surface area contributed by atoms with Gasteiger partial charge in [-0.05, 0) is 52.9 Å². The van der Waals surface area contributed by atoms with Gasteiger partial charge in [-0.25, -0.2) is 4.79 Å². The molecule has 6 nitrogen and oxygen atoms in total. The van der Waals surface area contributed by atoms with Crippen LogP contribution in [-0.4, -0.2) is 59.9 Å². The minimum absolute atomic E-state index is 0.121. The molecule has 1 amide bonds. The summed E-state index contributed by atoms with van der Waals surface area (Å²) in [6.07, 6.45) is 3.66. The Bertz CT molecular complexity index is 362. The molecule has 0 aromatic heterocycles. The van der Waals surface area contributed by atoms with Crippen molar-refractivity contribution in [1.82, 2.24) is 4.90 Å². The Kier molecular flexibility index (Phi) is 6.06. The first-order chi connectivity index (χ1) is 10.4. The van der Waals surface area contributed by atoms with Crippen LogP contribution < -0.4 is 0 Å². The van der Waals surface area contributed by atoms with E-state index in [1.165, 1.54) is 0 Å². The molecule has 0 saturated carbocycles. The van der Waals surface area contributed by atoms with Crippen molar-refractivity contribution in [2.75, 3.05) is 19.8 Å². The van der Waals surface area contributed by atoms with Crippen LogP contribution in [-0.2, 0) is 14.2 Å². The molecule has 6 heteroatoms. The summed E-state index contributed by atoms with van der Waals surface area (Å²) < 4.78 is 16.9. The number of carbonyl (C=O) groups excluding carboxylic acids is 1. The highest BCUT2D eigenvalue weighted by Gasteiger charge is 2.38. The number of carbonyl (C=O) groups is 1. The molecule has 2 fully saturated rings. The van der Waals surface area contributed by atoms with Crippen LogP contribution in [0.1, 0.15) is 52.9 Å². The molecule has 22 heavy (non-hydrogen) atoms. The predicted molar refractivity (Wildman–Crippen MR) is 81.5 cm³/mol. The molecule has 2 heterocycles. The minimum atomic E-state index is -0.522. The smallest absolute Gasteiger partial charge is 0.410 e. The Morgan fingerprint density at radius 2 is 2.09 bits per heavy atom. The van der Waals surface area contributed by atoms with Gasteiger partial charge in [-0.15, -0.1) is 0 Å². The lowest BCUT2D eigenvalue weighted by molar-refractivity contribution is -0.204. The molecule has 2 rings (SSSR count). The Morgan fingerprint density at radius 1 is 1.32 bits per heavy atom. The summed E-state index contributed by atoms with van der Waals surface area (Å²) in [7, 11) is 0. The Balaban J connectivity index is 1.95. The van der Waals surface area contributed by atoms with Crippen molar-refractivity contribution in [3.8, 4) is 0 Å². The first kappa shape index (κ1) is 17.5. The van der Waals surface area contributed by atoms with Gasteiger partial charge in [0.05, 0.1) is 12.6 Å². The number of aliphatic hydroxyl groups is 1. The zero-order valence-corrected chi connectivity index (χ0v) is 13.9. The third-order valence-electron chi connectivity index (χ3n) is 4.00. The van der Waals surface area contributed by atoms with Gasteiger partial charge >= 0.3 is 6.09 Å². The molecule has 0 aliphatic carbocycles. The molecule has 0 bridgehead atoms. The van der Waals surface area contributed by atoms with Crippen LogP contribution in [0.5, 0.6) is 0 Å². The van der Waals surface area contributed by atoms with E-state index in [9.17, 15) is 9.90 Å². The van der Waals surface area contributed by atoms with Crippen molar-refractivity contribution in [3.63, 3.8) is 0 Å². The van der Waals surface area contributed by atoms with Gasteiger partial charge in [0, 0.05) is 13.2 Å². The average Bonchev–Trinajstić information content (AvgIpc) is 2.93. The summed E-state index contributed by atoms with van der Waals surface area (Å²) in [6.45, 7) is 6.78. The van der Waals surface area contributed by atoms with E-state index in [4.69, 9.17) is 14.2 Å². The lowest BCUT2D eigenvalue weighted by Gasteiger charge is -2.34. The Morgan fingerprint density at radius 3 is 2.68 bits per heavy atom. The summed E-state index contributed by atoms with van der Waals surface area (Å²) in [6, 6.07) is -0.148. The van der Waals surface area contributed by atoms with Crippen LogP contribution in [0.4, 0.5) is 4.79 Å². The van der Waals surface area contributed by atoms with Gasteiger partial charge in [-0.2, -0.15) is 0 Å². The first-order valence-electron chi connectivity index (χ1n) is 8.28. The molecule has 0 aromatic carbocycles. The van der Waals surface area contributed by atoms with Crippen molar-refractivity contribution >= 4 is 6.09 Å². The highest BCUT2D eigenvalue weighted by Crippen LogP contribution is 2.26. The predicted octanol–water partition coefficient (Wildman–Crippen LogP) is 2.29. The molecule has 2 aliphatic heterocycles. The summed E-state index contributed by atoms with van der Waals surface area (Å²) in [5, 5.41) is 9.69. The maximum Gasteiger partial charge on any atom is 0.410 e. The molecule has 0 aromatic rings. The van der Waals surface area contributed by atoms with E-state index in [1.807, 2.05) is 20.8 Å². The van der Waals surface area contributed by atoms with E-state index in [2.05, 4.69) is 0 Å². The fourth-order valence-electron chi connectivity index (χ4n) is 3.00. The second-order valence-electron chi connectivity index (χ2n) is 7.04. The molecule has 1 N–H and O–H groups in total. The molecule has 3 atom stereocenters.